The molecule has 5 rings (SSSR count). The number of carboxylic acids is 1. The second-order valence-electron chi connectivity index (χ2n) is 9.89. The fourth-order valence-electron chi connectivity index (χ4n) is 4.98. The summed E-state index contributed by atoms with van der Waals surface area (Å²) in [5.74, 6) is -1.33. The van der Waals surface area contributed by atoms with Crippen LogP contribution in [0, 0.1) is 5.92 Å². The molecule has 0 bridgehead atoms. The van der Waals surface area contributed by atoms with Gasteiger partial charge < -0.3 is 15.2 Å². The monoisotopic (exact) mass is 607 g/mol. The molecule has 0 unspecified atom stereocenters. The van der Waals surface area contributed by atoms with Gasteiger partial charge in [0.1, 0.15) is 5.56 Å². The van der Waals surface area contributed by atoms with Crippen LogP contribution >= 0.6 is 23.2 Å². The Bertz CT molecular complexity index is 1740. The van der Waals surface area contributed by atoms with Crippen LogP contribution in [-0.2, 0) is 18.4 Å². The van der Waals surface area contributed by atoms with E-state index < -0.39 is 17.4 Å². The van der Waals surface area contributed by atoms with Crippen LogP contribution in [-0.4, -0.2) is 56.8 Å². The van der Waals surface area contributed by atoms with Gasteiger partial charge in [0.15, 0.2) is 0 Å². The van der Waals surface area contributed by atoms with Gasteiger partial charge >= 0.3 is 5.97 Å². The zero-order valence-electron chi connectivity index (χ0n) is 22.8. The molecule has 4 aromatic rings. The van der Waals surface area contributed by atoms with Crippen molar-refractivity contribution < 1.29 is 19.4 Å². The first-order valence-corrected chi connectivity index (χ1v) is 13.8. The highest BCUT2D eigenvalue weighted by Gasteiger charge is 2.28. The number of amides is 1. The summed E-state index contributed by atoms with van der Waals surface area (Å²) in [4.78, 5) is 43.3. The smallest absolute Gasteiger partial charge is 0.307 e. The molecule has 0 saturated carbocycles. The number of halogens is 2. The largest absolute Gasteiger partial charge is 0.481 e. The number of nitrogens with one attached hydrogen (secondary N) is 1. The molecule has 12 heteroatoms. The lowest BCUT2D eigenvalue weighted by molar-refractivity contribution is -0.141. The number of carbonyl (C=O) groups excluding carboxylic acids is 1. The maximum absolute atomic E-state index is 12.8. The van der Waals surface area contributed by atoms with Gasteiger partial charge in [0, 0.05) is 48.6 Å². The van der Waals surface area contributed by atoms with Gasteiger partial charge in [0.2, 0.25) is 5.88 Å². The highest BCUT2D eigenvalue weighted by atomic mass is 35.5. The normalized spacial score (nSPS) is 15.0. The summed E-state index contributed by atoms with van der Waals surface area (Å²) in [6.45, 7) is 1.69. The van der Waals surface area contributed by atoms with Crippen molar-refractivity contribution >= 4 is 40.8 Å². The minimum atomic E-state index is -0.778. The summed E-state index contributed by atoms with van der Waals surface area (Å²) in [5.41, 5.74) is 3.00. The van der Waals surface area contributed by atoms with Gasteiger partial charge in [-0.1, -0.05) is 59.6 Å². The standard InChI is InChI=1S/C30H27Cl2N5O5/c1-36-29(39)22(11-13-33-36)27(38)34-24-8-4-6-20(26(24)32)19-5-3-7-21(25(19)31)23-10-9-17(28(35-23)42-2)15-37-14-12-18(16-37)30(40)41/h3-11,13,18H,12,14-16H2,1-2H3,(H,34,38)(H,40,41)/t18-/m0/s1. The van der Waals surface area contributed by atoms with E-state index in [4.69, 9.17) is 32.9 Å². The van der Waals surface area contributed by atoms with Gasteiger partial charge in [0.05, 0.1) is 34.5 Å². The predicted molar refractivity (Wildman–Crippen MR) is 160 cm³/mol. The Morgan fingerprint density at radius 1 is 1.05 bits per heavy atom. The third kappa shape index (κ3) is 5.87. The van der Waals surface area contributed by atoms with Gasteiger partial charge in [-0.3, -0.25) is 19.3 Å². The Kier molecular flexibility index (Phi) is 8.58. The summed E-state index contributed by atoms with van der Waals surface area (Å²) >= 11 is 13.7. The van der Waals surface area contributed by atoms with E-state index in [1.807, 2.05) is 30.3 Å². The lowest BCUT2D eigenvalue weighted by atomic mass is 10.00. The number of rotatable bonds is 8. The number of ether oxygens (including phenoxy) is 1. The van der Waals surface area contributed by atoms with E-state index >= 15 is 0 Å². The number of aryl methyl sites for hydroxylation is 1. The Balaban J connectivity index is 1.43. The van der Waals surface area contributed by atoms with E-state index in [-0.39, 0.29) is 16.5 Å². The summed E-state index contributed by atoms with van der Waals surface area (Å²) in [6.07, 6.45) is 1.98. The fourth-order valence-corrected chi connectivity index (χ4v) is 5.58. The lowest BCUT2D eigenvalue weighted by Crippen LogP contribution is -2.28. The summed E-state index contributed by atoms with van der Waals surface area (Å²) in [6, 6.07) is 15.7. The van der Waals surface area contributed by atoms with Crippen LogP contribution in [0.25, 0.3) is 22.4 Å². The van der Waals surface area contributed by atoms with Crippen molar-refractivity contribution in [2.24, 2.45) is 13.0 Å². The van der Waals surface area contributed by atoms with Crippen molar-refractivity contribution in [3.8, 4) is 28.3 Å². The number of aliphatic carboxylic acids is 1. The SMILES string of the molecule is COc1nc(-c2cccc(-c3cccc(NC(=O)c4ccnn(C)c4=O)c3Cl)c2Cl)ccc1CN1CC[C@H](C(=O)O)C1. The number of carbonyl (C=O) groups is 2. The number of hydrogen-bond acceptors (Lipinski definition) is 7. The molecular weight excluding hydrogens is 581 g/mol. The zero-order valence-corrected chi connectivity index (χ0v) is 24.3. The molecule has 1 amide bonds. The third-order valence-corrected chi connectivity index (χ3v) is 8.02. The number of nitrogens with zero attached hydrogens (tertiary/aromatic N) is 4. The summed E-state index contributed by atoms with van der Waals surface area (Å²) in [7, 11) is 3.00. The van der Waals surface area contributed by atoms with E-state index in [0.717, 1.165) is 10.2 Å². The van der Waals surface area contributed by atoms with Crippen LogP contribution in [0.2, 0.25) is 10.0 Å². The second kappa shape index (κ2) is 12.3. The maximum Gasteiger partial charge on any atom is 0.307 e. The van der Waals surface area contributed by atoms with Crippen LogP contribution in [0.15, 0.2) is 65.6 Å². The maximum atomic E-state index is 12.8. The number of methoxy groups -OCH3 is 1. The van der Waals surface area contributed by atoms with Gasteiger partial charge in [-0.25, -0.2) is 9.67 Å². The molecule has 0 spiro atoms. The Morgan fingerprint density at radius 3 is 2.48 bits per heavy atom. The van der Waals surface area contributed by atoms with Crippen LogP contribution in [0.5, 0.6) is 5.88 Å². The van der Waals surface area contributed by atoms with E-state index in [9.17, 15) is 19.5 Å². The zero-order chi connectivity index (χ0) is 30.0. The van der Waals surface area contributed by atoms with Crippen LogP contribution < -0.4 is 15.6 Å². The number of hydrogen-bond donors (Lipinski definition) is 2. The molecule has 2 N–H and O–H groups in total. The molecule has 0 radical (unpaired) electrons. The van der Waals surface area contributed by atoms with Crippen molar-refractivity contribution in [2.45, 2.75) is 13.0 Å². The molecule has 216 valence electrons. The average molecular weight is 608 g/mol. The van der Waals surface area contributed by atoms with E-state index in [1.54, 1.807) is 25.3 Å². The topological polar surface area (TPSA) is 127 Å². The Hall–Kier alpha value is -4.25. The van der Waals surface area contributed by atoms with Crippen molar-refractivity contribution in [2.75, 3.05) is 25.5 Å². The number of anilines is 1. The van der Waals surface area contributed by atoms with Crippen molar-refractivity contribution in [3.63, 3.8) is 0 Å². The number of carboxylic acid groups (broad SMARTS) is 1. The number of pyridine rings is 1. The average Bonchev–Trinajstić information content (AvgIpc) is 3.45. The predicted octanol–water partition coefficient (Wildman–Crippen LogP) is 4.98. The molecule has 2 aromatic heterocycles. The fraction of sp³-hybridized carbons (Fsp3) is 0.233. The van der Waals surface area contributed by atoms with Crippen LogP contribution in [0.3, 0.4) is 0 Å². The summed E-state index contributed by atoms with van der Waals surface area (Å²) < 4.78 is 6.66. The molecule has 1 atom stereocenters. The highest BCUT2D eigenvalue weighted by Crippen LogP contribution is 2.41. The molecule has 1 aliphatic rings. The number of aromatic nitrogens is 3. The molecule has 0 aliphatic carbocycles. The van der Waals surface area contributed by atoms with Crippen molar-refractivity contribution in [1.82, 2.24) is 19.7 Å². The van der Waals surface area contributed by atoms with E-state index in [1.165, 1.54) is 19.3 Å². The number of benzene rings is 2. The highest BCUT2D eigenvalue weighted by molar-refractivity contribution is 6.39. The number of likely N-dealkylation sites (tertiary alicyclic amines) is 1. The molecule has 10 nitrogen and oxygen atoms in total. The molecule has 1 fully saturated rings. The first-order chi connectivity index (χ1) is 20.2. The quantitative estimate of drug-likeness (QED) is 0.287. The van der Waals surface area contributed by atoms with Crippen LogP contribution in [0.4, 0.5) is 5.69 Å². The minimum Gasteiger partial charge on any atom is -0.481 e. The molecule has 1 aliphatic heterocycles. The second-order valence-corrected chi connectivity index (χ2v) is 10.6. The lowest BCUT2D eigenvalue weighted by Gasteiger charge is -2.18. The molecule has 2 aromatic carbocycles. The van der Waals surface area contributed by atoms with Crippen LogP contribution in [0.1, 0.15) is 22.3 Å². The van der Waals surface area contributed by atoms with Gasteiger partial charge in [-0.2, -0.15) is 5.10 Å². The molecule has 42 heavy (non-hydrogen) atoms. The molecule has 3 heterocycles. The van der Waals surface area contributed by atoms with Crippen molar-refractivity contribution in [3.05, 3.63) is 92.3 Å². The molecule has 1 saturated heterocycles. The van der Waals surface area contributed by atoms with Gasteiger partial charge in [0.25, 0.3) is 11.5 Å². The first-order valence-electron chi connectivity index (χ1n) is 13.1. The Labute approximate surface area is 251 Å². The van der Waals surface area contributed by atoms with Gasteiger partial charge in [-0.05, 0) is 31.2 Å². The van der Waals surface area contributed by atoms with E-state index in [2.05, 4.69) is 15.3 Å². The molecular formula is C30H27Cl2N5O5. The third-order valence-electron chi connectivity index (χ3n) is 7.21. The Morgan fingerprint density at radius 2 is 1.76 bits per heavy atom. The summed E-state index contributed by atoms with van der Waals surface area (Å²) in [5, 5.41) is 16.5. The minimum absolute atomic E-state index is 0.0658. The van der Waals surface area contributed by atoms with Crippen molar-refractivity contribution in [1.29, 1.82) is 0 Å². The van der Waals surface area contributed by atoms with E-state index in [0.29, 0.717) is 65.0 Å². The first kappa shape index (κ1) is 29.2. The van der Waals surface area contributed by atoms with Gasteiger partial charge in [-0.15, -0.1) is 0 Å².